The molecule has 0 radical (unpaired) electrons. The lowest BCUT2D eigenvalue weighted by molar-refractivity contribution is -0.0595. The largest absolute Gasteiger partial charge is 0.396 e. The Hall–Kier alpha value is -0.990. The SMILES string of the molecule is Nc1cnn(CCC23CC4CC(CC(C4)C2)C3)c1. The van der Waals surface area contributed by atoms with E-state index in [9.17, 15) is 0 Å². The molecule has 98 valence electrons. The third-order valence-electron chi connectivity index (χ3n) is 5.69. The van der Waals surface area contributed by atoms with Gasteiger partial charge in [-0.05, 0) is 68.1 Å². The van der Waals surface area contributed by atoms with E-state index < -0.39 is 0 Å². The van der Waals surface area contributed by atoms with E-state index in [1.807, 2.05) is 10.9 Å². The zero-order valence-electron chi connectivity index (χ0n) is 11.0. The third kappa shape index (κ3) is 1.75. The van der Waals surface area contributed by atoms with Crippen LogP contribution in [-0.2, 0) is 6.54 Å². The topological polar surface area (TPSA) is 43.8 Å². The number of nitrogens with two attached hydrogens (primary N) is 1. The van der Waals surface area contributed by atoms with Crippen molar-refractivity contribution in [2.75, 3.05) is 5.73 Å². The lowest BCUT2D eigenvalue weighted by atomic mass is 9.49. The molecule has 0 spiro atoms. The quantitative estimate of drug-likeness (QED) is 0.889. The summed E-state index contributed by atoms with van der Waals surface area (Å²) in [4.78, 5) is 0. The molecule has 0 unspecified atom stereocenters. The number of rotatable bonds is 3. The molecule has 5 rings (SSSR count). The van der Waals surface area contributed by atoms with E-state index in [1.54, 1.807) is 6.20 Å². The Morgan fingerprint density at radius 1 is 1.17 bits per heavy atom. The Morgan fingerprint density at radius 2 is 1.78 bits per heavy atom. The number of aromatic nitrogens is 2. The molecule has 0 saturated heterocycles. The van der Waals surface area contributed by atoms with Gasteiger partial charge in [0.25, 0.3) is 0 Å². The molecule has 0 atom stereocenters. The molecule has 0 aliphatic heterocycles. The Labute approximate surface area is 109 Å². The number of anilines is 1. The van der Waals surface area contributed by atoms with Crippen LogP contribution >= 0.6 is 0 Å². The molecule has 1 aromatic heterocycles. The molecule has 3 heteroatoms. The van der Waals surface area contributed by atoms with Gasteiger partial charge in [0.15, 0.2) is 0 Å². The standard InChI is InChI=1S/C15H23N3/c16-14-9-17-18(10-14)2-1-15-6-11-3-12(7-15)5-13(4-11)8-15/h9-13H,1-8,16H2. The lowest BCUT2D eigenvalue weighted by Gasteiger charge is -2.57. The van der Waals surface area contributed by atoms with Crippen molar-refractivity contribution in [3.05, 3.63) is 12.4 Å². The zero-order chi connectivity index (χ0) is 12.2. The van der Waals surface area contributed by atoms with Gasteiger partial charge in [-0.25, -0.2) is 0 Å². The number of nitrogen functional groups attached to an aromatic ring is 1. The second kappa shape index (κ2) is 3.75. The van der Waals surface area contributed by atoms with Gasteiger partial charge >= 0.3 is 0 Å². The molecule has 1 heterocycles. The monoisotopic (exact) mass is 245 g/mol. The van der Waals surface area contributed by atoms with Crippen LogP contribution in [0.25, 0.3) is 0 Å². The van der Waals surface area contributed by atoms with Gasteiger partial charge in [0.05, 0.1) is 11.9 Å². The highest BCUT2D eigenvalue weighted by molar-refractivity contribution is 5.30. The molecule has 0 amide bonds. The summed E-state index contributed by atoms with van der Waals surface area (Å²) in [5.41, 5.74) is 7.19. The predicted octanol–water partition coefficient (Wildman–Crippen LogP) is 3.07. The van der Waals surface area contributed by atoms with Crippen LogP contribution in [0, 0.1) is 23.2 Å². The van der Waals surface area contributed by atoms with Crippen LogP contribution < -0.4 is 5.73 Å². The van der Waals surface area contributed by atoms with Gasteiger partial charge in [0.2, 0.25) is 0 Å². The molecule has 3 nitrogen and oxygen atoms in total. The fourth-order valence-corrected chi connectivity index (χ4v) is 5.45. The first kappa shape index (κ1) is 10.9. The summed E-state index contributed by atoms with van der Waals surface area (Å²) >= 11 is 0. The second-order valence-corrected chi connectivity index (χ2v) is 7.20. The summed E-state index contributed by atoms with van der Waals surface area (Å²) in [6.07, 6.45) is 14.1. The van der Waals surface area contributed by atoms with E-state index >= 15 is 0 Å². The van der Waals surface area contributed by atoms with Crippen LogP contribution in [0.15, 0.2) is 12.4 Å². The summed E-state index contributed by atoms with van der Waals surface area (Å²) in [6.45, 7) is 1.06. The van der Waals surface area contributed by atoms with E-state index in [-0.39, 0.29) is 0 Å². The van der Waals surface area contributed by atoms with Crippen molar-refractivity contribution in [3.63, 3.8) is 0 Å². The highest BCUT2D eigenvalue weighted by Gasteiger charge is 2.50. The van der Waals surface area contributed by atoms with Crippen molar-refractivity contribution < 1.29 is 0 Å². The maximum absolute atomic E-state index is 5.73. The van der Waals surface area contributed by atoms with Crippen molar-refractivity contribution in [2.45, 2.75) is 51.5 Å². The van der Waals surface area contributed by atoms with E-state index in [2.05, 4.69) is 5.10 Å². The highest BCUT2D eigenvalue weighted by atomic mass is 15.3. The fourth-order valence-electron chi connectivity index (χ4n) is 5.45. The van der Waals surface area contributed by atoms with Gasteiger partial charge < -0.3 is 5.73 Å². The van der Waals surface area contributed by atoms with Gasteiger partial charge in [-0.2, -0.15) is 5.10 Å². The third-order valence-corrected chi connectivity index (χ3v) is 5.69. The van der Waals surface area contributed by atoms with Crippen LogP contribution in [0.2, 0.25) is 0 Å². The van der Waals surface area contributed by atoms with Gasteiger partial charge in [-0.1, -0.05) is 0 Å². The molecule has 4 aliphatic rings. The first-order valence-corrected chi connectivity index (χ1v) is 7.49. The van der Waals surface area contributed by atoms with Crippen LogP contribution in [0.5, 0.6) is 0 Å². The first-order valence-electron chi connectivity index (χ1n) is 7.49. The van der Waals surface area contributed by atoms with Crippen LogP contribution in [-0.4, -0.2) is 9.78 Å². The smallest absolute Gasteiger partial charge is 0.0719 e. The number of nitrogens with zero attached hydrogens (tertiary/aromatic N) is 2. The Kier molecular flexibility index (Phi) is 2.27. The molecular weight excluding hydrogens is 222 g/mol. The van der Waals surface area contributed by atoms with Gasteiger partial charge in [0, 0.05) is 12.7 Å². The first-order chi connectivity index (χ1) is 8.71. The average molecular weight is 245 g/mol. The van der Waals surface area contributed by atoms with Crippen LogP contribution in [0.1, 0.15) is 44.9 Å². The fraction of sp³-hybridized carbons (Fsp3) is 0.800. The molecule has 1 aromatic rings. The van der Waals surface area contributed by atoms with E-state index in [0.29, 0.717) is 5.41 Å². The van der Waals surface area contributed by atoms with Gasteiger partial charge in [0.1, 0.15) is 0 Å². The normalized spacial score (nSPS) is 41.4. The minimum atomic E-state index is 0.662. The average Bonchev–Trinajstić information content (AvgIpc) is 2.71. The molecule has 4 aliphatic carbocycles. The predicted molar refractivity (Wildman–Crippen MR) is 71.9 cm³/mol. The number of hydrogen-bond acceptors (Lipinski definition) is 2. The Morgan fingerprint density at radius 3 is 2.28 bits per heavy atom. The summed E-state index contributed by atoms with van der Waals surface area (Å²) < 4.78 is 2.04. The summed E-state index contributed by atoms with van der Waals surface area (Å²) in [5, 5.41) is 4.32. The van der Waals surface area contributed by atoms with Crippen LogP contribution in [0.3, 0.4) is 0 Å². The minimum absolute atomic E-state index is 0.662. The van der Waals surface area contributed by atoms with Crippen molar-refractivity contribution >= 4 is 5.69 Å². The molecule has 2 N–H and O–H groups in total. The summed E-state index contributed by atoms with van der Waals surface area (Å²) in [5.74, 6) is 3.16. The van der Waals surface area contributed by atoms with E-state index in [4.69, 9.17) is 5.73 Å². The molecule has 4 bridgehead atoms. The minimum Gasteiger partial charge on any atom is -0.396 e. The van der Waals surface area contributed by atoms with Crippen molar-refractivity contribution in [3.8, 4) is 0 Å². The lowest BCUT2D eigenvalue weighted by Crippen LogP contribution is -2.46. The van der Waals surface area contributed by atoms with Crippen molar-refractivity contribution in [1.82, 2.24) is 9.78 Å². The number of aryl methyl sites for hydroxylation is 1. The van der Waals surface area contributed by atoms with Crippen molar-refractivity contribution in [1.29, 1.82) is 0 Å². The molecule has 4 saturated carbocycles. The van der Waals surface area contributed by atoms with E-state index in [1.165, 1.54) is 44.9 Å². The maximum Gasteiger partial charge on any atom is 0.0719 e. The zero-order valence-corrected chi connectivity index (χ0v) is 11.0. The summed E-state index contributed by atoms with van der Waals surface area (Å²) in [6, 6.07) is 0. The molecule has 0 aromatic carbocycles. The highest BCUT2D eigenvalue weighted by Crippen LogP contribution is 2.61. The second-order valence-electron chi connectivity index (χ2n) is 7.20. The summed E-state index contributed by atoms with van der Waals surface area (Å²) in [7, 11) is 0. The molecular formula is C15H23N3. The van der Waals surface area contributed by atoms with Gasteiger partial charge in [-0.3, -0.25) is 4.68 Å². The van der Waals surface area contributed by atoms with Crippen molar-refractivity contribution in [2.24, 2.45) is 23.2 Å². The van der Waals surface area contributed by atoms with Gasteiger partial charge in [-0.15, -0.1) is 0 Å². The molecule has 18 heavy (non-hydrogen) atoms. The Balaban J connectivity index is 1.47. The molecule has 4 fully saturated rings. The van der Waals surface area contributed by atoms with E-state index in [0.717, 1.165) is 30.0 Å². The number of hydrogen-bond donors (Lipinski definition) is 1. The Bertz CT molecular complexity index is 413. The van der Waals surface area contributed by atoms with Crippen LogP contribution in [0.4, 0.5) is 5.69 Å². The maximum atomic E-state index is 5.73.